The van der Waals surface area contributed by atoms with Crippen LogP contribution in [-0.2, 0) is 0 Å². The fourth-order valence-corrected chi connectivity index (χ4v) is 1.48. The van der Waals surface area contributed by atoms with Crippen molar-refractivity contribution in [1.82, 2.24) is 0 Å². The summed E-state index contributed by atoms with van der Waals surface area (Å²) in [7, 11) is 0. The first-order valence-corrected chi connectivity index (χ1v) is 5.73. The van der Waals surface area contributed by atoms with Gasteiger partial charge in [-0.3, -0.25) is 10.1 Å². The van der Waals surface area contributed by atoms with Crippen LogP contribution in [0.2, 0.25) is 0 Å². The number of carboxylic acid groups (broad SMARTS) is 1. The summed E-state index contributed by atoms with van der Waals surface area (Å²) in [6.07, 6.45) is 0. The Morgan fingerprint density at radius 2 is 1.82 bits per heavy atom. The molecule has 0 radical (unpaired) electrons. The molecule has 0 unspecified atom stereocenters. The van der Waals surface area contributed by atoms with Gasteiger partial charge in [0.15, 0.2) is 5.75 Å². The van der Waals surface area contributed by atoms with E-state index in [1.54, 1.807) is 12.1 Å². The summed E-state index contributed by atoms with van der Waals surface area (Å²) in [5.74, 6) is -1.09. The summed E-state index contributed by atoms with van der Waals surface area (Å²) in [6.45, 7) is 0. The van der Waals surface area contributed by atoms with E-state index < -0.39 is 10.9 Å². The van der Waals surface area contributed by atoms with Gasteiger partial charge in [0, 0.05) is 17.4 Å². The summed E-state index contributed by atoms with van der Waals surface area (Å²) < 4.78 is 0. The number of carbonyl (C=O) groups is 1. The minimum atomic E-state index is -1.14. The second-order valence-electron chi connectivity index (χ2n) is 3.85. The monoisotopic (exact) mass is 311 g/mol. The van der Waals surface area contributed by atoms with Crippen molar-refractivity contribution in [3.63, 3.8) is 0 Å². The van der Waals surface area contributed by atoms with Gasteiger partial charge in [-0.1, -0.05) is 12.1 Å². The number of non-ortho nitro benzene ring substituents is 1. The van der Waals surface area contributed by atoms with Crippen LogP contribution in [0.5, 0.6) is 5.75 Å². The Labute approximate surface area is 148 Å². The van der Waals surface area contributed by atoms with Crippen molar-refractivity contribution in [2.75, 3.05) is 0 Å². The van der Waals surface area contributed by atoms with E-state index in [9.17, 15) is 14.9 Å². The molecule has 2 aromatic carbocycles. The molecule has 1 N–H and O–H groups in total. The third-order valence-corrected chi connectivity index (χ3v) is 2.47. The normalized spacial score (nSPS) is 10.0. The van der Waals surface area contributed by atoms with E-state index in [0.717, 1.165) is 0 Å². The molecule has 8 nitrogen and oxygen atoms in total. The maximum atomic E-state index is 10.9. The molecule has 0 aliphatic heterocycles. The number of rotatable bonds is 5. The number of nitrogens with zero attached hydrogens (tertiary/aromatic N) is 3. The summed E-state index contributed by atoms with van der Waals surface area (Å²) in [4.78, 5) is 25.8. The van der Waals surface area contributed by atoms with E-state index >= 15 is 0 Å². The summed E-state index contributed by atoms with van der Waals surface area (Å²) in [5, 5.41) is 26.5. The fraction of sp³-hybridized carbons (Fsp3) is 0. The van der Waals surface area contributed by atoms with Gasteiger partial charge in [0.1, 0.15) is 5.56 Å². The van der Waals surface area contributed by atoms with E-state index in [1.165, 1.54) is 36.4 Å². The second-order valence-corrected chi connectivity index (χ2v) is 3.85. The molecule has 0 saturated heterocycles. The topological polar surface area (TPSA) is 114 Å². The van der Waals surface area contributed by atoms with Gasteiger partial charge in [-0.15, -0.1) is 5.11 Å². The molecular weight excluding hydrogens is 301 g/mol. The van der Waals surface area contributed by atoms with E-state index in [2.05, 4.69) is 10.4 Å². The number of aromatic carboxylic acids is 1. The molecule has 0 spiro atoms. The Morgan fingerprint density at radius 3 is 2.41 bits per heavy atom. The SMILES string of the molecule is O=C(O)c1ccccc1ON=Nc1ccc([N+](=O)[O-])cc1.[H-].[Na+]. The van der Waals surface area contributed by atoms with E-state index in [1.807, 2.05) is 0 Å². The Bertz CT molecular complexity index is 709. The van der Waals surface area contributed by atoms with Crippen molar-refractivity contribution in [3.05, 3.63) is 64.2 Å². The zero-order valence-corrected chi connectivity index (χ0v) is 13.5. The smallest absolute Gasteiger partial charge is 1.00 e. The summed E-state index contributed by atoms with van der Waals surface area (Å²) in [6, 6.07) is 11.3. The standard InChI is InChI=1S/C13H9N3O5.Na.H/c17-13(18)11-3-1-2-4-12(11)21-15-14-9-5-7-10(8-6-9)16(19)20;;/h1-8H,(H,17,18);;/q;+1;-1. The van der Waals surface area contributed by atoms with Crippen molar-refractivity contribution in [1.29, 1.82) is 0 Å². The van der Waals surface area contributed by atoms with E-state index in [0.29, 0.717) is 5.69 Å². The molecule has 22 heavy (non-hydrogen) atoms. The van der Waals surface area contributed by atoms with Gasteiger partial charge in [0.2, 0.25) is 0 Å². The predicted octanol–water partition coefficient (Wildman–Crippen LogP) is 0.487. The van der Waals surface area contributed by atoms with Gasteiger partial charge >= 0.3 is 35.5 Å². The Hall–Kier alpha value is -2.29. The van der Waals surface area contributed by atoms with Gasteiger partial charge in [-0.2, -0.15) is 0 Å². The minimum absolute atomic E-state index is 0. The molecule has 0 saturated carbocycles. The Balaban J connectivity index is 0.00000242. The van der Waals surface area contributed by atoms with Gasteiger partial charge < -0.3 is 11.4 Å². The number of carboxylic acids is 1. The molecule has 0 fully saturated rings. The third kappa shape index (κ3) is 4.62. The van der Waals surface area contributed by atoms with Crippen LogP contribution in [0.1, 0.15) is 11.8 Å². The maximum absolute atomic E-state index is 10.9. The van der Waals surface area contributed by atoms with Gasteiger partial charge in [0.05, 0.1) is 10.6 Å². The number of hydrogen-bond acceptors (Lipinski definition) is 6. The van der Waals surface area contributed by atoms with Crippen molar-refractivity contribution in [3.8, 4) is 5.75 Å². The zero-order chi connectivity index (χ0) is 15.2. The zero-order valence-electron chi connectivity index (χ0n) is 12.5. The van der Waals surface area contributed by atoms with Crippen molar-refractivity contribution in [2.45, 2.75) is 0 Å². The predicted molar refractivity (Wildman–Crippen MR) is 72.8 cm³/mol. The quantitative estimate of drug-likeness (QED) is 0.373. The number of para-hydroxylation sites is 1. The number of nitro groups is 1. The van der Waals surface area contributed by atoms with Gasteiger partial charge in [0.25, 0.3) is 5.69 Å². The average molecular weight is 311 g/mol. The molecule has 0 amide bonds. The number of nitro benzene ring substituents is 1. The third-order valence-electron chi connectivity index (χ3n) is 2.47. The van der Waals surface area contributed by atoms with Crippen LogP contribution in [0.4, 0.5) is 11.4 Å². The summed E-state index contributed by atoms with van der Waals surface area (Å²) in [5.41, 5.74) is 0.236. The van der Waals surface area contributed by atoms with Crippen LogP contribution >= 0.6 is 0 Å². The molecule has 9 heteroatoms. The molecule has 0 aliphatic rings. The Kier molecular flexibility index (Phi) is 6.64. The van der Waals surface area contributed by atoms with Gasteiger partial charge in [-0.05, 0) is 24.3 Å². The van der Waals surface area contributed by atoms with Crippen molar-refractivity contribution >= 4 is 17.3 Å². The first-order valence-electron chi connectivity index (χ1n) is 5.73. The molecule has 0 aliphatic carbocycles. The first-order chi connectivity index (χ1) is 10.1. The molecule has 0 bridgehead atoms. The van der Waals surface area contributed by atoms with Crippen molar-refractivity contribution in [2.24, 2.45) is 10.4 Å². The molecule has 108 valence electrons. The maximum Gasteiger partial charge on any atom is 1.00 e. The van der Waals surface area contributed by atoms with Crippen LogP contribution in [0, 0.1) is 10.1 Å². The average Bonchev–Trinajstić information content (AvgIpc) is 2.48. The molecular formula is C13H10N3NaO5. The summed E-state index contributed by atoms with van der Waals surface area (Å²) >= 11 is 0. The van der Waals surface area contributed by atoms with Crippen LogP contribution < -0.4 is 34.4 Å². The van der Waals surface area contributed by atoms with Crippen LogP contribution in [-0.4, -0.2) is 16.0 Å². The van der Waals surface area contributed by atoms with Crippen LogP contribution in [0.3, 0.4) is 0 Å². The van der Waals surface area contributed by atoms with E-state index in [-0.39, 0.29) is 48.0 Å². The van der Waals surface area contributed by atoms with Crippen LogP contribution in [0.15, 0.2) is 58.9 Å². The van der Waals surface area contributed by atoms with Crippen LogP contribution in [0.25, 0.3) is 0 Å². The molecule has 2 rings (SSSR count). The molecule has 0 atom stereocenters. The first kappa shape index (κ1) is 17.8. The Morgan fingerprint density at radius 1 is 1.18 bits per heavy atom. The van der Waals surface area contributed by atoms with E-state index in [4.69, 9.17) is 9.94 Å². The van der Waals surface area contributed by atoms with Crippen molar-refractivity contribution < 1.29 is 50.6 Å². The molecule has 2 aromatic rings. The fourth-order valence-electron chi connectivity index (χ4n) is 1.48. The molecule has 0 aromatic heterocycles. The largest absolute Gasteiger partial charge is 1.00 e. The second kappa shape index (κ2) is 8.23. The number of benzene rings is 2. The van der Waals surface area contributed by atoms with Gasteiger partial charge in [-0.25, -0.2) is 4.79 Å². The molecule has 0 heterocycles. The minimum Gasteiger partial charge on any atom is -1.00 e. The number of hydrogen-bond donors (Lipinski definition) is 1.